The van der Waals surface area contributed by atoms with Gasteiger partial charge in [-0.1, -0.05) is 137 Å². The first-order valence-electron chi connectivity index (χ1n) is 22.9. The molecule has 0 bridgehead atoms. The maximum atomic E-state index is 12.8. The molecule has 52 heavy (non-hydrogen) atoms. The maximum absolute atomic E-state index is 12.8. The molecule has 6 heteroatoms. The molecular weight excluding hydrogens is 645 g/mol. The minimum atomic E-state index is -0.165. The van der Waals surface area contributed by atoms with Gasteiger partial charge < -0.3 is 20.9 Å². The molecule has 0 aromatic rings. The van der Waals surface area contributed by atoms with Gasteiger partial charge in [0.05, 0.1) is 6.61 Å². The van der Waals surface area contributed by atoms with Crippen LogP contribution in [0.15, 0.2) is 0 Å². The molecule has 0 amide bonds. The number of ether oxygens (including phenoxy) is 2. The Morgan fingerprint density at radius 3 is 1.85 bits per heavy atom. The van der Waals surface area contributed by atoms with E-state index in [4.69, 9.17) is 20.9 Å². The van der Waals surface area contributed by atoms with Crippen molar-refractivity contribution in [1.82, 2.24) is 0 Å². The lowest BCUT2D eigenvalue weighted by atomic mass is 9.42. The third kappa shape index (κ3) is 11.7. The predicted molar refractivity (Wildman–Crippen MR) is 216 cm³/mol. The minimum Gasteiger partial charge on any atom is -0.466 e. The van der Waals surface area contributed by atoms with Gasteiger partial charge in [-0.25, -0.2) is 0 Å². The molecule has 4 fully saturated rings. The fourth-order valence-corrected chi connectivity index (χ4v) is 12.5. The van der Waals surface area contributed by atoms with Gasteiger partial charge in [-0.15, -0.1) is 0 Å². The summed E-state index contributed by atoms with van der Waals surface area (Å²) in [6.45, 7) is 11.7. The number of rotatable bonds is 24. The Hall–Kier alpha value is -1.14. The van der Waals surface area contributed by atoms with Gasteiger partial charge in [-0.2, -0.15) is 0 Å². The third-order valence-corrected chi connectivity index (χ3v) is 15.6. The number of nitrogens with two attached hydrogens (primary N) is 2. The van der Waals surface area contributed by atoms with Crippen LogP contribution in [0.5, 0.6) is 0 Å². The molecule has 0 saturated heterocycles. The van der Waals surface area contributed by atoms with E-state index in [1.165, 1.54) is 129 Å². The highest BCUT2D eigenvalue weighted by Crippen LogP contribution is 2.68. The first-order chi connectivity index (χ1) is 25.0. The summed E-state index contributed by atoms with van der Waals surface area (Å²) in [5, 5.41) is 0. The fraction of sp³-hybridized carbons (Fsp3) is 0.957. The molecule has 11 atom stereocenters. The lowest BCUT2D eigenvalue weighted by Crippen LogP contribution is -2.65. The van der Waals surface area contributed by atoms with Crippen molar-refractivity contribution < 1.29 is 19.1 Å². The van der Waals surface area contributed by atoms with Crippen LogP contribution in [0.4, 0.5) is 0 Å². The summed E-state index contributed by atoms with van der Waals surface area (Å²) in [6.07, 6.45) is 33.4. The van der Waals surface area contributed by atoms with Crippen LogP contribution < -0.4 is 11.5 Å². The number of carbonyl (C=O) groups excluding carboxylic acids is 2. The molecule has 4 aliphatic carbocycles. The lowest BCUT2D eigenvalue weighted by molar-refractivity contribution is -0.164. The van der Waals surface area contributed by atoms with Crippen molar-refractivity contribution >= 4 is 11.9 Å². The third-order valence-electron chi connectivity index (χ3n) is 15.6. The topological polar surface area (TPSA) is 105 Å². The molecule has 0 aromatic heterocycles. The molecule has 4 aliphatic rings. The minimum absolute atomic E-state index is 0.0239. The standard InChI is InChI=1S/C46H84N2O4/c1-6-7-8-9-10-11-12-13-14-15-16-17-18-19-20-21-22-23-30-51-43(50)27-24-34(2)38-25-26-39-44-40(33-42(48)46(38,39)5)45(4)29-28-37(52-35(3)49)31-36(45)32-41(44)47/h34,36-42,44H,6-33,47-48H2,1-5H3/t34-,36+,37-,38-,39+,40+,41-,42+,44+,45+,46-/m1/s1. The number of hydrogen-bond donors (Lipinski definition) is 2. The van der Waals surface area contributed by atoms with E-state index in [0.29, 0.717) is 48.5 Å². The van der Waals surface area contributed by atoms with Gasteiger partial charge in [0, 0.05) is 25.4 Å². The SMILES string of the molecule is CCCCCCCCCCCCCCCCCCCCOC(=O)CC[C@@H](C)[C@H]1CC[C@H]2[C@@H]3[C@H](N)C[C@@H]4C[C@H](OC(C)=O)CC[C@]4(C)[C@H]3C[C@H](N)[C@]12C. The summed E-state index contributed by atoms with van der Waals surface area (Å²) in [7, 11) is 0. The van der Waals surface area contributed by atoms with Gasteiger partial charge in [-0.3, -0.25) is 9.59 Å². The zero-order valence-electron chi connectivity index (χ0n) is 34.8. The van der Waals surface area contributed by atoms with E-state index in [0.717, 1.165) is 44.9 Å². The Labute approximate surface area is 320 Å². The van der Waals surface area contributed by atoms with E-state index in [2.05, 4.69) is 27.7 Å². The average molecular weight is 729 g/mol. The zero-order valence-corrected chi connectivity index (χ0v) is 34.8. The molecule has 6 nitrogen and oxygen atoms in total. The van der Waals surface area contributed by atoms with Crippen LogP contribution in [-0.2, 0) is 19.1 Å². The highest BCUT2D eigenvalue weighted by Gasteiger charge is 2.65. The molecule has 0 unspecified atom stereocenters. The largest absolute Gasteiger partial charge is 0.466 e. The highest BCUT2D eigenvalue weighted by atomic mass is 16.5. The lowest BCUT2D eigenvalue weighted by Gasteiger charge is -2.64. The molecule has 4 saturated carbocycles. The summed E-state index contributed by atoms with van der Waals surface area (Å²) in [5.74, 6) is 2.86. The van der Waals surface area contributed by atoms with Crippen molar-refractivity contribution in [3.05, 3.63) is 0 Å². The Morgan fingerprint density at radius 2 is 1.29 bits per heavy atom. The van der Waals surface area contributed by atoms with Crippen LogP contribution in [0, 0.1) is 46.3 Å². The van der Waals surface area contributed by atoms with Gasteiger partial charge in [0.1, 0.15) is 6.10 Å². The summed E-state index contributed by atoms with van der Waals surface area (Å²) in [5.41, 5.74) is 14.6. The first kappa shape index (κ1) is 43.6. The van der Waals surface area contributed by atoms with Gasteiger partial charge in [-0.05, 0) is 104 Å². The average Bonchev–Trinajstić information content (AvgIpc) is 3.47. The number of fused-ring (bicyclic) bond motifs is 5. The highest BCUT2D eigenvalue weighted by molar-refractivity contribution is 5.69. The quantitative estimate of drug-likeness (QED) is 0.0757. The van der Waals surface area contributed by atoms with Crippen molar-refractivity contribution in [3.63, 3.8) is 0 Å². The van der Waals surface area contributed by atoms with E-state index in [9.17, 15) is 9.59 Å². The van der Waals surface area contributed by atoms with E-state index >= 15 is 0 Å². The Morgan fingerprint density at radius 1 is 0.731 bits per heavy atom. The van der Waals surface area contributed by atoms with Crippen LogP contribution in [0.1, 0.15) is 208 Å². The molecule has 4 rings (SSSR count). The Balaban J connectivity index is 1.06. The molecule has 0 spiro atoms. The number of unbranched alkanes of at least 4 members (excludes halogenated alkanes) is 17. The van der Waals surface area contributed by atoms with Crippen molar-refractivity contribution in [2.75, 3.05) is 6.61 Å². The molecule has 0 aliphatic heterocycles. The van der Waals surface area contributed by atoms with Crippen LogP contribution >= 0.6 is 0 Å². The maximum Gasteiger partial charge on any atom is 0.305 e. The molecule has 4 N–H and O–H groups in total. The summed E-state index contributed by atoms with van der Waals surface area (Å²) >= 11 is 0. The monoisotopic (exact) mass is 729 g/mol. The number of hydrogen-bond acceptors (Lipinski definition) is 6. The number of carbonyl (C=O) groups is 2. The van der Waals surface area contributed by atoms with E-state index in [-0.39, 0.29) is 41.0 Å². The summed E-state index contributed by atoms with van der Waals surface area (Å²) < 4.78 is 11.4. The van der Waals surface area contributed by atoms with Gasteiger partial charge in [0.25, 0.3) is 0 Å². The predicted octanol–water partition coefficient (Wildman–Crippen LogP) is 11.5. The molecular formula is C46H84N2O4. The van der Waals surface area contributed by atoms with Crippen molar-refractivity contribution in [2.45, 2.75) is 226 Å². The normalized spacial score (nSPS) is 34.6. The smallest absolute Gasteiger partial charge is 0.305 e. The van der Waals surface area contributed by atoms with E-state index in [1.54, 1.807) is 0 Å². The second-order valence-electron chi connectivity index (χ2n) is 19.0. The summed E-state index contributed by atoms with van der Waals surface area (Å²) in [4.78, 5) is 24.5. The van der Waals surface area contributed by atoms with Gasteiger partial charge >= 0.3 is 11.9 Å². The van der Waals surface area contributed by atoms with E-state index < -0.39 is 0 Å². The number of esters is 2. The first-order valence-corrected chi connectivity index (χ1v) is 22.9. The second kappa shape index (κ2) is 21.8. The van der Waals surface area contributed by atoms with Crippen LogP contribution in [0.2, 0.25) is 0 Å². The van der Waals surface area contributed by atoms with Crippen molar-refractivity contribution in [2.24, 2.45) is 57.8 Å². The molecule has 302 valence electrons. The van der Waals surface area contributed by atoms with Gasteiger partial charge in [0.2, 0.25) is 0 Å². The summed E-state index contributed by atoms with van der Waals surface area (Å²) in [6, 6.07) is 0.332. The Bertz CT molecular complexity index is 1050. The molecule has 0 radical (unpaired) electrons. The Kier molecular flexibility index (Phi) is 18.3. The van der Waals surface area contributed by atoms with Crippen LogP contribution in [0.3, 0.4) is 0 Å². The molecule has 0 heterocycles. The zero-order chi connectivity index (χ0) is 37.6. The van der Waals surface area contributed by atoms with Gasteiger partial charge in [0.15, 0.2) is 0 Å². The van der Waals surface area contributed by atoms with Crippen molar-refractivity contribution in [3.8, 4) is 0 Å². The second-order valence-corrected chi connectivity index (χ2v) is 19.0. The fourth-order valence-electron chi connectivity index (χ4n) is 12.5. The van der Waals surface area contributed by atoms with Crippen molar-refractivity contribution in [1.29, 1.82) is 0 Å². The molecule has 0 aromatic carbocycles. The van der Waals surface area contributed by atoms with E-state index in [1.807, 2.05) is 0 Å². The van der Waals surface area contributed by atoms with Crippen LogP contribution in [-0.4, -0.2) is 36.7 Å². The van der Waals surface area contributed by atoms with Crippen LogP contribution in [0.25, 0.3) is 0 Å².